The van der Waals surface area contributed by atoms with E-state index in [0.717, 1.165) is 44.0 Å². The lowest BCUT2D eigenvalue weighted by Gasteiger charge is -2.32. The monoisotopic (exact) mass is 427 g/mol. The molecule has 1 amide bonds. The van der Waals surface area contributed by atoms with Crippen molar-refractivity contribution >= 4 is 43.8 Å². The van der Waals surface area contributed by atoms with E-state index in [4.69, 9.17) is 0 Å². The fourth-order valence-electron chi connectivity index (χ4n) is 3.06. The first-order valence-corrected chi connectivity index (χ1v) is 12.4. The summed E-state index contributed by atoms with van der Waals surface area (Å²) in [5.74, 6) is 2.77. The van der Waals surface area contributed by atoms with Gasteiger partial charge in [-0.15, -0.1) is 0 Å². The largest absolute Gasteiger partial charge is 0.339 e. The van der Waals surface area contributed by atoms with Crippen molar-refractivity contribution < 1.29 is 13.2 Å². The molecule has 1 aromatic rings. The van der Waals surface area contributed by atoms with Crippen LogP contribution in [0, 0.1) is 5.92 Å². The Labute approximate surface area is 169 Å². The van der Waals surface area contributed by atoms with Crippen LogP contribution in [0.2, 0.25) is 0 Å². The summed E-state index contributed by atoms with van der Waals surface area (Å²) >= 11 is 3.69. The van der Waals surface area contributed by atoms with Gasteiger partial charge in [-0.05, 0) is 43.0 Å². The van der Waals surface area contributed by atoms with Gasteiger partial charge in [0.1, 0.15) is 4.38 Å². The molecule has 0 atom stereocenters. The summed E-state index contributed by atoms with van der Waals surface area (Å²) in [6, 6.07) is 6.23. The number of amides is 1. The topological polar surface area (TPSA) is 70.1 Å². The van der Waals surface area contributed by atoms with Gasteiger partial charge in [-0.2, -0.15) is 0 Å². The lowest BCUT2D eigenvalue weighted by molar-refractivity contribution is 0.0698. The van der Waals surface area contributed by atoms with Gasteiger partial charge in [0.15, 0.2) is 0 Å². The SMILES string of the molecule is CN(C)S(=O)(=O)c1ccc(C(=O)N2CCC(CSC3=NCCS3)CC2)cc1. The number of hydrogen-bond acceptors (Lipinski definition) is 6. The van der Waals surface area contributed by atoms with E-state index < -0.39 is 10.0 Å². The van der Waals surface area contributed by atoms with Crippen LogP contribution in [0.5, 0.6) is 0 Å². The standard InChI is InChI=1S/C18H25N3O3S3/c1-20(2)27(23,24)16-5-3-15(4-6-16)17(22)21-10-7-14(8-11-21)13-26-18-19-9-12-25-18/h3-6,14H,7-13H2,1-2H3. The maximum absolute atomic E-state index is 12.7. The van der Waals surface area contributed by atoms with Gasteiger partial charge in [0.05, 0.1) is 11.4 Å². The number of rotatable bonds is 5. The molecule has 9 heteroatoms. The van der Waals surface area contributed by atoms with Crippen molar-refractivity contribution in [3.8, 4) is 0 Å². The van der Waals surface area contributed by atoms with Crippen molar-refractivity contribution in [3.63, 3.8) is 0 Å². The number of aliphatic imine (C=N–C) groups is 1. The first kappa shape index (κ1) is 20.7. The zero-order valence-corrected chi connectivity index (χ0v) is 18.1. The Hall–Kier alpha value is -1.03. The van der Waals surface area contributed by atoms with Gasteiger partial charge in [0, 0.05) is 44.3 Å². The molecule has 2 aliphatic rings. The molecule has 0 bridgehead atoms. The Morgan fingerprint density at radius 2 is 1.93 bits per heavy atom. The van der Waals surface area contributed by atoms with Crippen molar-refractivity contribution in [1.29, 1.82) is 0 Å². The lowest BCUT2D eigenvalue weighted by Crippen LogP contribution is -2.39. The number of hydrogen-bond donors (Lipinski definition) is 0. The zero-order chi connectivity index (χ0) is 19.4. The quantitative estimate of drug-likeness (QED) is 0.722. The second kappa shape index (κ2) is 8.98. The summed E-state index contributed by atoms with van der Waals surface area (Å²) in [6.45, 7) is 2.44. The normalized spacial score (nSPS) is 18.8. The number of piperidine rings is 1. The summed E-state index contributed by atoms with van der Waals surface area (Å²) in [6.07, 6.45) is 2.01. The van der Waals surface area contributed by atoms with Crippen molar-refractivity contribution in [2.24, 2.45) is 10.9 Å². The number of carbonyl (C=O) groups is 1. The van der Waals surface area contributed by atoms with Gasteiger partial charge in [0.2, 0.25) is 10.0 Å². The molecule has 0 radical (unpaired) electrons. The van der Waals surface area contributed by atoms with Crippen molar-refractivity contribution in [1.82, 2.24) is 9.21 Å². The van der Waals surface area contributed by atoms with Crippen LogP contribution in [0.25, 0.3) is 0 Å². The number of nitrogens with zero attached hydrogens (tertiary/aromatic N) is 3. The Morgan fingerprint density at radius 3 is 2.48 bits per heavy atom. The van der Waals surface area contributed by atoms with Crippen molar-refractivity contribution in [3.05, 3.63) is 29.8 Å². The molecule has 0 saturated carbocycles. The Kier molecular flexibility index (Phi) is 6.88. The highest BCUT2D eigenvalue weighted by molar-refractivity contribution is 8.39. The van der Waals surface area contributed by atoms with E-state index in [1.54, 1.807) is 12.1 Å². The van der Waals surface area contributed by atoms with E-state index in [1.165, 1.54) is 34.9 Å². The van der Waals surface area contributed by atoms with Gasteiger partial charge < -0.3 is 4.90 Å². The molecule has 27 heavy (non-hydrogen) atoms. The van der Waals surface area contributed by atoms with Gasteiger partial charge in [-0.3, -0.25) is 9.79 Å². The fourth-order valence-corrected chi connectivity index (χ4v) is 6.18. The summed E-state index contributed by atoms with van der Waals surface area (Å²) in [7, 11) is -0.480. The van der Waals surface area contributed by atoms with Crippen LogP contribution < -0.4 is 0 Å². The molecular formula is C18H25N3O3S3. The number of carbonyl (C=O) groups excluding carboxylic acids is 1. The highest BCUT2D eigenvalue weighted by atomic mass is 32.2. The average Bonchev–Trinajstić information content (AvgIpc) is 3.20. The average molecular weight is 428 g/mol. The fraction of sp³-hybridized carbons (Fsp3) is 0.556. The van der Waals surface area contributed by atoms with E-state index in [1.807, 2.05) is 28.4 Å². The van der Waals surface area contributed by atoms with Gasteiger partial charge in [-0.25, -0.2) is 12.7 Å². The third-order valence-electron chi connectivity index (χ3n) is 4.78. The number of sulfonamides is 1. The molecule has 1 aromatic carbocycles. The molecule has 0 aromatic heterocycles. The Morgan fingerprint density at radius 1 is 1.26 bits per heavy atom. The van der Waals surface area contributed by atoms with Crippen LogP contribution >= 0.6 is 23.5 Å². The van der Waals surface area contributed by atoms with Crippen LogP contribution in [0.3, 0.4) is 0 Å². The smallest absolute Gasteiger partial charge is 0.253 e. The second-order valence-electron chi connectivity index (χ2n) is 6.85. The Balaban J connectivity index is 1.53. The summed E-state index contributed by atoms with van der Waals surface area (Å²) in [5.41, 5.74) is 0.539. The molecule has 0 N–H and O–H groups in total. The first-order chi connectivity index (χ1) is 12.9. The Bertz CT molecular complexity index is 799. The molecular weight excluding hydrogens is 402 g/mol. The summed E-state index contributed by atoms with van der Waals surface area (Å²) < 4.78 is 26.6. The molecule has 3 rings (SSSR count). The van der Waals surface area contributed by atoms with Crippen LogP contribution in [-0.2, 0) is 10.0 Å². The third-order valence-corrected chi connectivity index (χ3v) is 9.10. The molecule has 2 aliphatic heterocycles. The molecule has 1 fully saturated rings. The minimum Gasteiger partial charge on any atom is -0.339 e. The van der Waals surface area contributed by atoms with E-state index in [2.05, 4.69) is 4.99 Å². The molecule has 0 spiro atoms. The molecule has 148 valence electrons. The van der Waals surface area contributed by atoms with Crippen LogP contribution in [0.1, 0.15) is 23.2 Å². The molecule has 2 heterocycles. The van der Waals surface area contributed by atoms with Crippen molar-refractivity contribution in [2.45, 2.75) is 17.7 Å². The van der Waals surface area contributed by atoms with E-state index in [-0.39, 0.29) is 10.8 Å². The van der Waals surface area contributed by atoms with Gasteiger partial charge in [-0.1, -0.05) is 23.5 Å². The predicted molar refractivity (Wildman–Crippen MR) is 113 cm³/mol. The molecule has 6 nitrogen and oxygen atoms in total. The highest BCUT2D eigenvalue weighted by Crippen LogP contribution is 2.28. The van der Waals surface area contributed by atoms with E-state index >= 15 is 0 Å². The van der Waals surface area contributed by atoms with Gasteiger partial charge in [0.25, 0.3) is 5.91 Å². The number of likely N-dealkylation sites (tertiary alicyclic amines) is 1. The van der Waals surface area contributed by atoms with Crippen LogP contribution in [0.15, 0.2) is 34.2 Å². The molecule has 0 unspecified atom stereocenters. The lowest BCUT2D eigenvalue weighted by atomic mass is 9.98. The maximum Gasteiger partial charge on any atom is 0.253 e. The zero-order valence-electron chi connectivity index (χ0n) is 15.6. The van der Waals surface area contributed by atoms with E-state index in [9.17, 15) is 13.2 Å². The summed E-state index contributed by atoms with van der Waals surface area (Å²) in [4.78, 5) is 19.3. The third kappa shape index (κ3) is 5.07. The minimum absolute atomic E-state index is 0.0226. The van der Waals surface area contributed by atoms with Gasteiger partial charge >= 0.3 is 0 Å². The van der Waals surface area contributed by atoms with Crippen LogP contribution in [-0.4, -0.2) is 73.1 Å². The maximum atomic E-state index is 12.7. The highest BCUT2D eigenvalue weighted by Gasteiger charge is 2.25. The second-order valence-corrected chi connectivity index (χ2v) is 11.4. The number of benzene rings is 1. The molecule has 0 aliphatic carbocycles. The van der Waals surface area contributed by atoms with E-state index in [0.29, 0.717) is 11.5 Å². The minimum atomic E-state index is -3.47. The number of thioether (sulfide) groups is 2. The summed E-state index contributed by atoms with van der Waals surface area (Å²) in [5, 5.41) is 0. The predicted octanol–water partition coefficient (Wildman–Crippen LogP) is 2.63. The van der Waals surface area contributed by atoms with Crippen molar-refractivity contribution in [2.75, 3.05) is 45.2 Å². The van der Waals surface area contributed by atoms with Crippen LogP contribution in [0.4, 0.5) is 0 Å². The molecule has 1 saturated heterocycles. The first-order valence-electron chi connectivity index (χ1n) is 9.00.